The first kappa shape index (κ1) is 7.85. The van der Waals surface area contributed by atoms with Gasteiger partial charge in [-0.05, 0) is 6.42 Å². The summed E-state index contributed by atoms with van der Waals surface area (Å²) in [5, 5.41) is 0. The van der Waals surface area contributed by atoms with Gasteiger partial charge >= 0.3 is 12.1 Å². The standard InChI is InChI=1S/C4H6O2.CO2/c5-4-2-1-3-6-4;2-1-3/h1-3H2;. The van der Waals surface area contributed by atoms with E-state index in [0.29, 0.717) is 13.0 Å². The topological polar surface area (TPSA) is 60.4 Å². The lowest BCUT2D eigenvalue weighted by molar-refractivity contribution is -0.191. The predicted molar refractivity (Wildman–Crippen MR) is 25.2 cm³/mol. The van der Waals surface area contributed by atoms with Crippen LogP contribution in [0.25, 0.3) is 0 Å². The largest absolute Gasteiger partial charge is 0.466 e. The molecule has 4 heteroatoms. The lowest BCUT2D eigenvalue weighted by Gasteiger charge is -1.81. The lowest BCUT2D eigenvalue weighted by Crippen LogP contribution is -1.88. The van der Waals surface area contributed by atoms with Gasteiger partial charge in [0.2, 0.25) is 0 Å². The smallest absolute Gasteiger partial charge is 0.373 e. The van der Waals surface area contributed by atoms with E-state index in [0.717, 1.165) is 6.42 Å². The third-order valence-electron chi connectivity index (χ3n) is 0.788. The van der Waals surface area contributed by atoms with Crippen LogP contribution in [0.4, 0.5) is 0 Å². The van der Waals surface area contributed by atoms with Crippen molar-refractivity contribution >= 4 is 12.1 Å². The summed E-state index contributed by atoms with van der Waals surface area (Å²) in [4.78, 5) is 26.3. The van der Waals surface area contributed by atoms with Gasteiger partial charge in [-0.2, -0.15) is 9.59 Å². The highest BCUT2D eigenvalue weighted by Crippen LogP contribution is 2.01. The second-order valence-corrected chi connectivity index (χ2v) is 1.41. The normalized spacial score (nSPS) is 14.9. The van der Waals surface area contributed by atoms with E-state index in [1.165, 1.54) is 0 Å². The van der Waals surface area contributed by atoms with Crippen molar-refractivity contribution in [3.05, 3.63) is 0 Å². The van der Waals surface area contributed by atoms with Crippen molar-refractivity contribution in [2.24, 2.45) is 0 Å². The number of hydrogen-bond donors (Lipinski definition) is 0. The first-order valence-corrected chi connectivity index (χ1v) is 2.46. The van der Waals surface area contributed by atoms with Crippen molar-refractivity contribution in [2.45, 2.75) is 12.8 Å². The Morgan fingerprint density at radius 1 is 1.44 bits per heavy atom. The van der Waals surface area contributed by atoms with Crippen molar-refractivity contribution in [1.82, 2.24) is 0 Å². The van der Waals surface area contributed by atoms with E-state index in [4.69, 9.17) is 9.59 Å². The fourth-order valence-electron chi connectivity index (χ4n) is 0.475. The Morgan fingerprint density at radius 2 is 2.00 bits per heavy atom. The molecule has 0 atom stereocenters. The van der Waals surface area contributed by atoms with Crippen LogP contribution in [0.5, 0.6) is 0 Å². The molecular weight excluding hydrogens is 124 g/mol. The summed E-state index contributed by atoms with van der Waals surface area (Å²) < 4.78 is 4.51. The maximum atomic E-state index is 10.0. The van der Waals surface area contributed by atoms with Crippen LogP contribution in [-0.2, 0) is 19.1 Å². The maximum Gasteiger partial charge on any atom is 0.373 e. The summed E-state index contributed by atoms with van der Waals surface area (Å²) in [5.41, 5.74) is 0. The first-order valence-electron chi connectivity index (χ1n) is 2.46. The molecule has 0 radical (unpaired) electrons. The quantitative estimate of drug-likeness (QED) is 0.424. The molecule has 0 bridgehead atoms. The number of esters is 1. The van der Waals surface area contributed by atoms with E-state index in [-0.39, 0.29) is 12.1 Å². The van der Waals surface area contributed by atoms with Gasteiger partial charge in [0.25, 0.3) is 0 Å². The highest BCUT2D eigenvalue weighted by atomic mass is 16.5. The van der Waals surface area contributed by atoms with E-state index in [2.05, 4.69) is 4.74 Å². The Labute approximate surface area is 51.8 Å². The number of hydrogen-bond acceptors (Lipinski definition) is 4. The Hall–Kier alpha value is -1.15. The van der Waals surface area contributed by atoms with Gasteiger partial charge in [-0.3, -0.25) is 4.79 Å². The van der Waals surface area contributed by atoms with Gasteiger partial charge in [0, 0.05) is 6.42 Å². The molecule has 0 aliphatic carbocycles. The van der Waals surface area contributed by atoms with Gasteiger partial charge in [-0.1, -0.05) is 0 Å². The zero-order chi connectivity index (χ0) is 7.11. The highest BCUT2D eigenvalue weighted by molar-refractivity contribution is 5.70. The molecule has 1 aliphatic heterocycles. The van der Waals surface area contributed by atoms with Crippen molar-refractivity contribution in [1.29, 1.82) is 0 Å². The molecule has 1 rings (SSSR count). The van der Waals surface area contributed by atoms with Gasteiger partial charge in [0.05, 0.1) is 6.61 Å². The molecule has 0 amide bonds. The fourth-order valence-corrected chi connectivity index (χ4v) is 0.475. The van der Waals surface area contributed by atoms with E-state index >= 15 is 0 Å². The van der Waals surface area contributed by atoms with Crippen LogP contribution in [0.1, 0.15) is 12.8 Å². The Bertz CT molecular complexity index is 115. The summed E-state index contributed by atoms with van der Waals surface area (Å²) in [5.74, 6) is -0.0463. The molecule has 0 spiro atoms. The van der Waals surface area contributed by atoms with Crippen molar-refractivity contribution in [3.8, 4) is 0 Å². The maximum absolute atomic E-state index is 10.0. The molecule has 50 valence electrons. The minimum Gasteiger partial charge on any atom is -0.466 e. The fraction of sp³-hybridized carbons (Fsp3) is 0.600. The average molecular weight is 130 g/mol. The predicted octanol–water partition coefficient (Wildman–Crippen LogP) is -0.260. The minimum atomic E-state index is -0.0463. The Balaban J connectivity index is 0.000000187. The van der Waals surface area contributed by atoms with Crippen LogP contribution in [-0.4, -0.2) is 18.7 Å². The first-order chi connectivity index (χ1) is 4.31. The summed E-state index contributed by atoms with van der Waals surface area (Å²) in [7, 11) is 0. The molecule has 0 N–H and O–H groups in total. The Morgan fingerprint density at radius 3 is 2.11 bits per heavy atom. The molecule has 0 aromatic rings. The van der Waals surface area contributed by atoms with E-state index < -0.39 is 0 Å². The number of ether oxygens (including phenoxy) is 1. The molecule has 1 saturated heterocycles. The van der Waals surface area contributed by atoms with Gasteiger partial charge in [-0.15, -0.1) is 0 Å². The summed E-state index contributed by atoms with van der Waals surface area (Å²) >= 11 is 0. The van der Waals surface area contributed by atoms with Crippen LogP contribution in [0, 0.1) is 0 Å². The van der Waals surface area contributed by atoms with E-state index in [1.54, 1.807) is 0 Å². The molecule has 0 aromatic heterocycles. The molecule has 1 heterocycles. The molecule has 0 saturated carbocycles. The third-order valence-corrected chi connectivity index (χ3v) is 0.788. The molecule has 1 aliphatic rings. The summed E-state index contributed by atoms with van der Waals surface area (Å²) in [6, 6.07) is 0. The van der Waals surface area contributed by atoms with Gasteiger partial charge < -0.3 is 4.74 Å². The van der Waals surface area contributed by atoms with Gasteiger partial charge in [-0.25, -0.2) is 0 Å². The monoisotopic (exact) mass is 130 g/mol. The highest BCUT2D eigenvalue weighted by Gasteiger charge is 2.08. The van der Waals surface area contributed by atoms with Crippen molar-refractivity contribution < 1.29 is 19.1 Å². The molecule has 0 unspecified atom stereocenters. The van der Waals surface area contributed by atoms with Gasteiger partial charge in [0.1, 0.15) is 0 Å². The third kappa shape index (κ3) is 4.71. The molecule has 0 aromatic carbocycles. The number of rotatable bonds is 0. The number of carbonyl (C=O) groups excluding carboxylic acids is 3. The lowest BCUT2D eigenvalue weighted by atomic mass is 10.4. The van der Waals surface area contributed by atoms with Crippen LogP contribution < -0.4 is 0 Å². The van der Waals surface area contributed by atoms with Crippen molar-refractivity contribution in [2.75, 3.05) is 6.61 Å². The second kappa shape index (κ2) is 5.00. The number of cyclic esters (lactones) is 1. The SMILES string of the molecule is O=C1CCCO1.O=C=O. The number of carbonyl (C=O) groups is 1. The average Bonchev–Trinajstić information content (AvgIpc) is 2.20. The Kier molecular flexibility index (Phi) is 4.36. The minimum absolute atomic E-state index is 0.0463. The zero-order valence-electron chi connectivity index (χ0n) is 4.75. The van der Waals surface area contributed by atoms with E-state index in [9.17, 15) is 4.79 Å². The zero-order valence-corrected chi connectivity index (χ0v) is 4.75. The molecule has 4 nitrogen and oxygen atoms in total. The van der Waals surface area contributed by atoms with Crippen LogP contribution >= 0.6 is 0 Å². The van der Waals surface area contributed by atoms with Crippen LogP contribution in [0.3, 0.4) is 0 Å². The van der Waals surface area contributed by atoms with Crippen molar-refractivity contribution in [3.63, 3.8) is 0 Å². The second-order valence-electron chi connectivity index (χ2n) is 1.41. The van der Waals surface area contributed by atoms with Crippen LogP contribution in [0.2, 0.25) is 0 Å². The van der Waals surface area contributed by atoms with Gasteiger partial charge in [0.15, 0.2) is 0 Å². The molecular formula is C5H6O4. The summed E-state index contributed by atoms with van der Waals surface area (Å²) in [6.07, 6.45) is 1.79. The molecule has 1 fully saturated rings. The summed E-state index contributed by atoms with van der Waals surface area (Å²) in [6.45, 7) is 0.638. The van der Waals surface area contributed by atoms with Crippen LogP contribution in [0.15, 0.2) is 0 Å². The van der Waals surface area contributed by atoms with E-state index in [1.807, 2.05) is 0 Å². The molecule has 9 heavy (non-hydrogen) atoms.